The molecule has 0 fully saturated rings. The van der Waals surface area contributed by atoms with Crippen molar-refractivity contribution in [3.8, 4) is 23.0 Å². The van der Waals surface area contributed by atoms with Gasteiger partial charge in [-0.05, 0) is 57.9 Å². The number of hydrogen-bond acceptors (Lipinski definition) is 4. The summed E-state index contributed by atoms with van der Waals surface area (Å²) in [5.41, 5.74) is 0.387. The summed E-state index contributed by atoms with van der Waals surface area (Å²) in [6.07, 6.45) is 0. The van der Waals surface area contributed by atoms with E-state index in [1.54, 1.807) is 60.7 Å². The van der Waals surface area contributed by atoms with Crippen LogP contribution in [0.2, 0.25) is 0 Å². The van der Waals surface area contributed by atoms with Crippen LogP contribution in [0.5, 0.6) is 23.0 Å². The van der Waals surface area contributed by atoms with Crippen molar-refractivity contribution in [1.82, 2.24) is 0 Å². The molecule has 0 radical (unpaired) electrons. The van der Waals surface area contributed by atoms with E-state index in [4.69, 9.17) is 0 Å². The lowest BCUT2D eigenvalue weighted by Gasteiger charge is -2.30. The molecule has 0 heterocycles. The minimum Gasteiger partial charge on any atom is -0.508 e. The molecule has 4 N–H and O–H groups in total. The predicted octanol–water partition coefficient (Wildman–Crippen LogP) is 5.14. The van der Waals surface area contributed by atoms with Gasteiger partial charge in [0, 0.05) is 16.5 Å². The number of rotatable bonds is 2. The van der Waals surface area contributed by atoms with Gasteiger partial charge >= 0.3 is 0 Å². The lowest BCUT2D eigenvalue weighted by Crippen LogP contribution is -2.20. The van der Waals surface area contributed by atoms with Gasteiger partial charge in [0.25, 0.3) is 0 Å². The Bertz CT molecular complexity index is 1090. The van der Waals surface area contributed by atoms with Gasteiger partial charge in [0.1, 0.15) is 23.0 Å². The van der Waals surface area contributed by atoms with Crippen molar-refractivity contribution in [3.05, 3.63) is 71.8 Å². The van der Waals surface area contributed by atoms with Gasteiger partial charge in [0.15, 0.2) is 0 Å². The van der Waals surface area contributed by atoms with Gasteiger partial charge in [-0.2, -0.15) is 0 Å². The molecule has 0 aliphatic carbocycles. The van der Waals surface area contributed by atoms with E-state index >= 15 is 0 Å². The first-order valence-electron chi connectivity index (χ1n) is 8.69. The second-order valence-corrected chi connectivity index (χ2v) is 7.36. The molecular formula is C23H20O4. The van der Waals surface area contributed by atoms with E-state index in [0.29, 0.717) is 21.9 Å². The van der Waals surface area contributed by atoms with Crippen molar-refractivity contribution < 1.29 is 20.4 Å². The second-order valence-electron chi connectivity index (χ2n) is 7.36. The van der Waals surface area contributed by atoms with Gasteiger partial charge in [-0.1, -0.05) is 38.1 Å². The van der Waals surface area contributed by atoms with E-state index in [1.165, 1.54) is 0 Å². The van der Waals surface area contributed by atoms with Crippen LogP contribution in [0.25, 0.3) is 21.5 Å². The zero-order valence-corrected chi connectivity index (χ0v) is 15.1. The van der Waals surface area contributed by atoms with E-state index in [-0.39, 0.29) is 23.0 Å². The molecule has 4 heteroatoms. The first-order valence-corrected chi connectivity index (χ1v) is 8.69. The molecule has 0 atom stereocenters. The lowest BCUT2D eigenvalue weighted by atomic mass is 9.73. The highest BCUT2D eigenvalue weighted by atomic mass is 16.3. The van der Waals surface area contributed by atoms with E-state index in [9.17, 15) is 20.4 Å². The fourth-order valence-corrected chi connectivity index (χ4v) is 4.03. The molecule has 0 unspecified atom stereocenters. The number of phenolic OH excluding ortho intramolecular Hbond substituents is 4. The highest BCUT2D eigenvalue weighted by Crippen LogP contribution is 2.47. The van der Waals surface area contributed by atoms with Gasteiger partial charge in [0.2, 0.25) is 0 Å². The number of fused-ring (bicyclic) bond motifs is 2. The Balaban J connectivity index is 2.12. The molecule has 0 aromatic heterocycles. The fourth-order valence-electron chi connectivity index (χ4n) is 4.03. The summed E-state index contributed by atoms with van der Waals surface area (Å²) in [7, 11) is 0. The Morgan fingerprint density at radius 1 is 0.556 bits per heavy atom. The maximum atomic E-state index is 10.7. The molecule has 136 valence electrons. The van der Waals surface area contributed by atoms with Crippen LogP contribution in [-0.4, -0.2) is 20.4 Å². The van der Waals surface area contributed by atoms with Crippen LogP contribution < -0.4 is 0 Å². The molecule has 4 aromatic carbocycles. The van der Waals surface area contributed by atoms with Crippen LogP contribution in [0.4, 0.5) is 0 Å². The third-order valence-corrected chi connectivity index (χ3v) is 5.22. The summed E-state index contributed by atoms with van der Waals surface area (Å²) < 4.78 is 0. The Kier molecular flexibility index (Phi) is 3.67. The van der Waals surface area contributed by atoms with Crippen molar-refractivity contribution >= 4 is 21.5 Å². The molecule has 27 heavy (non-hydrogen) atoms. The lowest BCUT2D eigenvalue weighted by molar-refractivity contribution is 0.439. The number of hydrogen-bond donors (Lipinski definition) is 4. The van der Waals surface area contributed by atoms with Crippen LogP contribution in [0.3, 0.4) is 0 Å². The monoisotopic (exact) mass is 360 g/mol. The summed E-state index contributed by atoms with van der Waals surface area (Å²) in [5, 5.41) is 44.5. The molecule has 4 rings (SSSR count). The van der Waals surface area contributed by atoms with Crippen LogP contribution in [0.1, 0.15) is 25.0 Å². The number of benzene rings is 4. The zero-order chi connectivity index (χ0) is 19.3. The second kappa shape index (κ2) is 5.81. The van der Waals surface area contributed by atoms with Crippen LogP contribution in [0, 0.1) is 0 Å². The van der Waals surface area contributed by atoms with Crippen LogP contribution in [-0.2, 0) is 5.41 Å². The van der Waals surface area contributed by atoms with Crippen molar-refractivity contribution in [3.63, 3.8) is 0 Å². The van der Waals surface area contributed by atoms with E-state index in [2.05, 4.69) is 0 Å². The average Bonchev–Trinajstić information content (AvgIpc) is 2.60. The predicted molar refractivity (Wildman–Crippen MR) is 107 cm³/mol. The summed E-state index contributed by atoms with van der Waals surface area (Å²) in [6, 6.07) is 16.8. The molecular weight excluding hydrogens is 340 g/mol. The fraction of sp³-hybridized carbons (Fsp3) is 0.130. The molecule has 0 saturated heterocycles. The summed E-state index contributed by atoms with van der Waals surface area (Å²) in [6.45, 7) is 3.81. The van der Waals surface area contributed by atoms with Crippen molar-refractivity contribution in [2.24, 2.45) is 0 Å². The Morgan fingerprint density at radius 2 is 0.926 bits per heavy atom. The first-order chi connectivity index (χ1) is 12.8. The molecule has 0 saturated carbocycles. The van der Waals surface area contributed by atoms with Crippen molar-refractivity contribution in [2.75, 3.05) is 0 Å². The van der Waals surface area contributed by atoms with E-state index in [0.717, 1.165) is 10.8 Å². The molecule has 0 spiro atoms. The van der Waals surface area contributed by atoms with E-state index in [1.807, 2.05) is 13.8 Å². The summed E-state index contributed by atoms with van der Waals surface area (Å²) >= 11 is 0. The SMILES string of the molecule is CC(C)(c1c(O)ccc2ccc(O)cc12)c1c(O)ccc2ccc(O)cc12. The number of phenols is 4. The molecule has 4 aromatic rings. The minimum absolute atomic E-state index is 0.0784. The van der Waals surface area contributed by atoms with Crippen LogP contribution >= 0.6 is 0 Å². The maximum Gasteiger partial charge on any atom is 0.120 e. The van der Waals surface area contributed by atoms with Crippen molar-refractivity contribution in [2.45, 2.75) is 19.3 Å². The smallest absolute Gasteiger partial charge is 0.120 e. The third-order valence-electron chi connectivity index (χ3n) is 5.22. The number of aromatic hydroxyl groups is 4. The van der Waals surface area contributed by atoms with Gasteiger partial charge in [-0.3, -0.25) is 0 Å². The molecule has 4 nitrogen and oxygen atoms in total. The van der Waals surface area contributed by atoms with Gasteiger partial charge < -0.3 is 20.4 Å². The van der Waals surface area contributed by atoms with Gasteiger partial charge in [0.05, 0.1) is 0 Å². The van der Waals surface area contributed by atoms with Crippen molar-refractivity contribution in [1.29, 1.82) is 0 Å². The molecule has 0 bridgehead atoms. The zero-order valence-electron chi connectivity index (χ0n) is 15.1. The normalized spacial score (nSPS) is 11.9. The Morgan fingerprint density at radius 3 is 1.33 bits per heavy atom. The molecule has 0 amide bonds. The highest BCUT2D eigenvalue weighted by molar-refractivity contribution is 5.94. The average molecular weight is 360 g/mol. The molecule has 0 aliphatic rings. The largest absolute Gasteiger partial charge is 0.508 e. The minimum atomic E-state index is -0.811. The third kappa shape index (κ3) is 2.61. The van der Waals surface area contributed by atoms with Gasteiger partial charge in [-0.15, -0.1) is 0 Å². The standard InChI is InChI=1S/C23H20O4/c1-23(2,21-17-11-15(24)7-3-13(17)5-9-19(21)26)22-18-12-16(25)8-4-14(18)6-10-20(22)27/h3-12,24-27H,1-2H3. The van der Waals surface area contributed by atoms with Crippen LogP contribution in [0.15, 0.2) is 60.7 Å². The Labute approximate surface area is 156 Å². The summed E-state index contributed by atoms with van der Waals surface area (Å²) in [5.74, 6) is 0.360. The quantitative estimate of drug-likeness (QED) is 0.399. The topological polar surface area (TPSA) is 80.9 Å². The van der Waals surface area contributed by atoms with E-state index < -0.39 is 5.41 Å². The Hall–Kier alpha value is -3.40. The highest BCUT2D eigenvalue weighted by Gasteiger charge is 2.32. The first kappa shape index (κ1) is 17.0. The van der Waals surface area contributed by atoms with Gasteiger partial charge in [-0.25, -0.2) is 0 Å². The summed E-state index contributed by atoms with van der Waals surface area (Å²) in [4.78, 5) is 0. The molecule has 0 aliphatic heterocycles. The maximum absolute atomic E-state index is 10.7.